The third kappa shape index (κ3) is 3.39. The Morgan fingerprint density at radius 3 is 2.75 bits per heavy atom. The van der Waals surface area contributed by atoms with Gasteiger partial charge in [-0.25, -0.2) is 0 Å². The van der Waals surface area contributed by atoms with Gasteiger partial charge in [0.25, 0.3) is 5.91 Å². The van der Waals surface area contributed by atoms with Crippen molar-refractivity contribution < 1.29 is 14.3 Å². The Morgan fingerprint density at radius 1 is 1.22 bits per heavy atom. The van der Waals surface area contributed by atoms with Gasteiger partial charge in [0.15, 0.2) is 0 Å². The Hall–Kier alpha value is -2.51. The van der Waals surface area contributed by atoms with E-state index < -0.39 is 5.54 Å². The normalized spacial score (nSPS) is 21.6. The molecule has 8 heteroatoms. The second-order valence-electron chi connectivity index (χ2n) is 8.82. The summed E-state index contributed by atoms with van der Waals surface area (Å²) < 4.78 is 8.57. The summed E-state index contributed by atoms with van der Waals surface area (Å²) in [5, 5.41) is 5.73. The second kappa shape index (κ2) is 8.12. The first kappa shape index (κ1) is 21.3. The number of methoxy groups -OCH3 is 1. The number of thiophene rings is 1. The van der Waals surface area contributed by atoms with Crippen molar-refractivity contribution in [1.29, 1.82) is 0 Å². The minimum atomic E-state index is -1.15. The number of hydrogen-bond acceptors (Lipinski definition) is 4. The number of carbonyl (C=O) groups excluding carboxylic acids is 2. The molecule has 1 aliphatic heterocycles. The lowest BCUT2D eigenvalue weighted by atomic mass is 9.91. The van der Waals surface area contributed by atoms with Crippen LogP contribution in [0.25, 0.3) is 10.2 Å². The minimum Gasteiger partial charge on any atom is -0.495 e. The molecule has 2 aliphatic rings. The predicted octanol–water partition coefficient (Wildman–Crippen LogP) is 5.23. The van der Waals surface area contributed by atoms with Crippen molar-refractivity contribution in [3.63, 3.8) is 0 Å². The number of ether oxygens (including phenoxy) is 1. The molecule has 1 N–H and O–H groups in total. The van der Waals surface area contributed by atoms with Crippen LogP contribution in [0.15, 0.2) is 35.7 Å². The number of fused-ring (bicyclic) bond motifs is 3. The molecule has 1 unspecified atom stereocenters. The monoisotopic (exact) mass is 471 g/mol. The van der Waals surface area contributed by atoms with Gasteiger partial charge in [-0.3, -0.25) is 14.5 Å². The molecule has 168 valence electrons. The van der Waals surface area contributed by atoms with Crippen molar-refractivity contribution in [3.05, 3.63) is 46.4 Å². The zero-order valence-electron chi connectivity index (χ0n) is 18.2. The Balaban J connectivity index is 1.64. The fraction of sp³-hybridized carbons (Fsp3) is 0.417. The van der Waals surface area contributed by atoms with Crippen LogP contribution in [0.1, 0.15) is 49.5 Å². The minimum absolute atomic E-state index is 0.138. The summed E-state index contributed by atoms with van der Waals surface area (Å²) in [4.78, 5) is 29.3. The lowest BCUT2D eigenvalue weighted by Crippen LogP contribution is -2.65. The molecule has 1 aromatic carbocycles. The van der Waals surface area contributed by atoms with Gasteiger partial charge in [-0.05, 0) is 55.5 Å². The summed E-state index contributed by atoms with van der Waals surface area (Å²) in [7, 11) is 1.55. The van der Waals surface area contributed by atoms with E-state index in [0.717, 1.165) is 35.9 Å². The average Bonchev–Trinajstić information content (AvgIpc) is 3.37. The molecule has 5 rings (SSSR count). The highest BCUT2D eigenvalue weighted by molar-refractivity contribution is 7.17. The van der Waals surface area contributed by atoms with E-state index in [0.29, 0.717) is 28.7 Å². The van der Waals surface area contributed by atoms with E-state index in [9.17, 15) is 9.59 Å². The number of nitrogens with zero attached hydrogens (tertiary/aromatic N) is 2. The van der Waals surface area contributed by atoms with Crippen molar-refractivity contribution in [3.8, 4) is 5.75 Å². The van der Waals surface area contributed by atoms with Crippen LogP contribution in [-0.2, 0) is 11.3 Å². The van der Waals surface area contributed by atoms with Gasteiger partial charge in [-0.15, -0.1) is 11.3 Å². The molecular formula is C24H26ClN3O3S. The molecular weight excluding hydrogens is 446 g/mol. The fourth-order valence-corrected chi connectivity index (χ4v) is 6.00. The molecule has 0 saturated heterocycles. The first-order valence-electron chi connectivity index (χ1n) is 11.0. The molecule has 2 amide bonds. The molecule has 0 spiro atoms. The number of anilines is 1. The van der Waals surface area contributed by atoms with Gasteiger partial charge in [0.05, 0.1) is 29.6 Å². The molecule has 1 atom stereocenters. The summed E-state index contributed by atoms with van der Waals surface area (Å²) in [5.41, 5.74) is 0.902. The molecule has 1 aliphatic carbocycles. The maximum absolute atomic E-state index is 13.9. The van der Waals surface area contributed by atoms with E-state index in [1.165, 1.54) is 6.42 Å². The van der Waals surface area contributed by atoms with E-state index in [1.807, 2.05) is 29.0 Å². The number of rotatable bonds is 4. The van der Waals surface area contributed by atoms with Crippen LogP contribution in [0, 0.1) is 0 Å². The van der Waals surface area contributed by atoms with Crippen LogP contribution in [0.3, 0.4) is 0 Å². The summed E-state index contributed by atoms with van der Waals surface area (Å²) in [5.74, 6) is 0.116. The Labute approximate surface area is 196 Å². The molecule has 1 saturated carbocycles. The second-order valence-corrected chi connectivity index (χ2v) is 10.2. The van der Waals surface area contributed by atoms with Crippen molar-refractivity contribution in [2.24, 2.45) is 0 Å². The third-order valence-corrected chi connectivity index (χ3v) is 7.80. The zero-order chi connectivity index (χ0) is 22.5. The summed E-state index contributed by atoms with van der Waals surface area (Å²) in [6, 6.07) is 9.20. The van der Waals surface area contributed by atoms with E-state index in [1.54, 1.807) is 41.5 Å². The number of hydrogen-bond donors (Lipinski definition) is 1. The van der Waals surface area contributed by atoms with Crippen molar-refractivity contribution in [2.75, 3.05) is 12.0 Å². The Morgan fingerprint density at radius 2 is 2.00 bits per heavy atom. The van der Waals surface area contributed by atoms with E-state index >= 15 is 0 Å². The number of halogens is 1. The Kier molecular flexibility index (Phi) is 5.42. The molecule has 32 heavy (non-hydrogen) atoms. The van der Waals surface area contributed by atoms with Gasteiger partial charge < -0.3 is 14.6 Å². The number of benzene rings is 1. The van der Waals surface area contributed by atoms with Crippen LogP contribution in [0.2, 0.25) is 5.02 Å². The molecule has 3 aromatic rings. The highest BCUT2D eigenvalue weighted by atomic mass is 35.5. The van der Waals surface area contributed by atoms with Crippen LogP contribution in [0.5, 0.6) is 5.75 Å². The molecule has 1 fully saturated rings. The molecule has 6 nitrogen and oxygen atoms in total. The van der Waals surface area contributed by atoms with Gasteiger partial charge in [0.2, 0.25) is 5.91 Å². The topological polar surface area (TPSA) is 63.6 Å². The van der Waals surface area contributed by atoms with Crippen molar-refractivity contribution in [1.82, 2.24) is 9.88 Å². The number of aromatic nitrogens is 1. The fourth-order valence-electron chi connectivity index (χ4n) is 5.02. The van der Waals surface area contributed by atoms with E-state index in [2.05, 4.69) is 5.32 Å². The summed E-state index contributed by atoms with van der Waals surface area (Å²) in [6.07, 6.45) is 5.38. The van der Waals surface area contributed by atoms with Gasteiger partial charge in [0, 0.05) is 11.1 Å². The van der Waals surface area contributed by atoms with Gasteiger partial charge in [0.1, 0.15) is 17.0 Å². The van der Waals surface area contributed by atoms with E-state index in [-0.39, 0.29) is 17.9 Å². The Bertz CT molecular complexity index is 1200. The molecule has 2 aromatic heterocycles. The summed E-state index contributed by atoms with van der Waals surface area (Å²) in [6.45, 7) is 2.19. The summed E-state index contributed by atoms with van der Waals surface area (Å²) >= 11 is 7.91. The SMILES string of the molecule is COc1ccc(Cl)cc1N1C(=O)c2cc3sccc3n2CC1(C)C(=O)NC1CCCCC1. The van der Waals surface area contributed by atoms with Crippen LogP contribution < -0.4 is 15.0 Å². The number of amides is 2. The van der Waals surface area contributed by atoms with Crippen molar-refractivity contribution >= 4 is 50.7 Å². The quantitative estimate of drug-likeness (QED) is 0.566. The van der Waals surface area contributed by atoms with Crippen LogP contribution in [-0.4, -0.2) is 35.1 Å². The third-order valence-electron chi connectivity index (χ3n) is 6.72. The van der Waals surface area contributed by atoms with Gasteiger partial charge >= 0.3 is 0 Å². The van der Waals surface area contributed by atoms with Crippen molar-refractivity contribution in [2.45, 2.75) is 57.2 Å². The predicted molar refractivity (Wildman–Crippen MR) is 128 cm³/mol. The smallest absolute Gasteiger partial charge is 0.276 e. The average molecular weight is 472 g/mol. The molecule has 0 radical (unpaired) electrons. The largest absolute Gasteiger partial charge is 0.495 e. The lowest BCUT2D eigenvalue weighted by Gasteiger charge is -2.45. The maximum atomic E-state index is 13.9. The number of carbonyl (C=O) groups is 2. The first-order valence-corrected chi connectivity index (χ1v) is 12.2. The van der Waals surface area contributed by atoms with Gasteiger partial charge in [-0.1, -0.05) is 30.9 Å². The maximum Gasteiger partial charge on any atom is 0.276 e. The van der Waals surface area contributed by atoms with Crippen LogP contribution in [0.4, 0.5) is 5.69 Å². The highest BCUT2D eigenvalue weighted by Crippen LogP contribution is 2.41. The highest BCUT2D eigenvalue weighted by Gasteiger charge is 2.50. The van der Waals surface area contributed by atoms with Crippen LogP contribution >= 0.6 is 22.9 Å². The lowest BCUT2D eigenvalue weighted by molar-refractivity contribution is -0.127. The number of nitrogens with one attached hydrogen (secondary N) is 1. The molecule has 0 bridgehead atoms. The standard InChI is InChI=1S/C24H26ClN3O3S/c1-24(23(30)26-16-6-4-3-5-7-16)14-27-17-10-11-32-21(17)13-19(27)22(29)28(24)18-12-15(25)8-9-20(18)31-2/h8-13,16H,3-7,14H2,1-2H3,(H,26,30). The van der Waals surface area contributed by atoms with Gasteiger partial charge in [-0.2, -0.15) is 0 Å². The zero-order valence-corrected chi connectivity index (χ0v) is 19.8. The first-order chi connectivity index (χ1) is 15.4. The van der Waals surface area contributed by atoms with E-state index in [4.69, 9.17) is 16.3 Å². The molecule has 3 heterocycles.